The molecule has 2 amide bonds. The van der Waals surface area contributed by atoms with Gasteiger partial charge in [0.2, 0.25) is 0 Å². The maximum atomic E-state index is 14.0. The maximum absolute atomic E-state index is 14.0. The first-order valence-corrected chi connectivity index (χ1v) is 9.06. The van der Waals surface area contributed by atoms with Crippen LogP contribution >= 0.6 is 0 Å². The smallest absolute Gasteiger partial charge is 0.317 e. The minimum Gasteiger partial charge on any atom is -0.332 e. The van der Waals surface area contributed by atoms with Gasteiger partial charge in [-0.05, 0) is 31.7 Å². The summed E-state index contributed by atoms with van der Waals surface area (Å²) in [7, 11) is 3.68. The van der Waals surface area contributed by atoms with Crippen molar-refractivity contribution < 1.29 is 9.18 Å². The number of nitrogens with one attached hydrogen (secondary N) is 1. The highest BCUT2D eigenvalue weighted by Crippen LogP contribution is 2.23. The molecule has 7 heteroatoms. The van der Waals surface area contributed by atoms with E-state index in [9.17, 15) is 9.18 Å². The highest BCUT2D eigenvalue weighted by Gasteiger charge is 2.34. The van der Waals surface area contributed by atoms with Gasteiger partial charge >= 0.3 is 6.03 Å². The predicted molar refractivity (Wildman–Crippen MR) is 94.9 cm³/mol. The van der Waals surface area contributed by atoms with E-state index in [2.05, 4.69) is 27.5 Å². The lowest BCUT2D eigenvalue weighted by Crippen LogP contribution is -2.47. The van der Waals surface area contributed by atoms with Crippen molar-refractivity contribution >= 4 is 6.03 Å². The lowest BCUT2D eigenvalue weighted by Gasteiger charge is -2.29. The second kappa shape index (κ2) is 7.99. The van der Waals surface area contributed by atoms with Gasteiger partial charge in [-0.25, -0.2) is 9.18 Å². The van der Waals surface area contributed by atoms with E-state index in [1.165, 1.54) is 0 Å². The van der Waals surface area contributed by atoms with Crippen molar-refractivity contribution in [2.45, 2.75) is 50.5 Å². The van der Waals surface area contributed by atoms with Crippen LogP contribution < -0.4 is 5.32 Å². The molecular weight excluding hydrogens is 321 g/mol. The molecule has 0 saturated carbocycles. The van der Waals surface area contributed by atoms with Gasteiger partial charge in [0.05, 0.1) is 5.69 Å². The molecule has 25 heavy (non-hydrogen) atoms. The summed E-state index contributed by atoms with van der Waals surface area (Å²) in [6, 6.07) is 2.02. The fourth-order valence-electron chi connectivity index (χ4n) is 3.67. The van der Waals surface area contributed by atoms with Crippen LogP contribution in [-0.2, 0) is 13.6 Å². The first-order valence-electron chi connectivity index (χ1n) is 9.06. The first kappa shape index (κ1) is 17.9. The Morgan fingerprint density at radius 2 is 2.36 bits per heavy atom. The quantitative estimate of drug-likeness (QED) is 0.828. The van der Waals surface area contributed by atoms with Gasteiger partial charge in [0.15, 0.2) is 0 Å². The van der Waals surface area contributed by atoms with E-state index >= 15 is 0 Å². The SMILES string of the molecule is CN(C[C@@H]1C[C@H](F)CN1Cc1ccnn1C)C(=O)N[C@H]1C=CCCC1. The van der Waals surface area contributed by atoms with Crippen molar-refractivity contribution in [2.75, 3.05) is 20.1 Å². The number of carbonyl (C=O) groups excluding carboxylic acids is 1. The Labute approximate surface area is 148 Å². The standard InChI is InChI=1S/C18H28FN5O/c1-22(18(25)21-15-6-4-3-5-7-15)12-17-10-14(19)11-24(17)13-16-8-9-20-23(16)2/h4,6,8-9,14-15,17H,3,5,7,10-13H2,1-2H3,(H,21,25)/t14-,15-,17-/m0/s1. The van der Waals surface area contributed by atoms with E-state index in [0.29, 0.717) is 26.1 Å². The molecular formula is C18H28FN5O. The van der Waals surface area contributed by atoms with E-state index in [0.717, 1.165) is 25.0 Å². The van der Waals surface area contributed by atoms with Gasteiger partial charge in [0.25, 0.3) is 0 Å². The number of amides is 2. The second-order valence-corrected chi connectivity index (χ2v) is 7.16. The lowest BCUT2D eigenvalue weighted by molar-refractivity contribution is 0.171. The number of aryl methyl sites for hydroxylation is 1. The Hall–Kier alpha value is -1.89. The van der Waals surface area contributed by atoms with Crippen LogP contribution in [0, 0.1) is 0 Å². The third-order valence-electron chi connectivity index (χ3n) is 5.16. The molecule has 1 aromatic heterocycles. The van der Waals surface area contributed by atoms with Gasteiger partial charge in [-0.2, -0.15) is 5.10 Å². The van der Waals surface area contributed by atoms with Gasteiger partial charge in [0, 0.05) is 52.0 Å². The van der Waals surface area contributed by atoms with Crippen molar-refractivity contribution in [1.82, 2.24) is 24.9 Å². The molecule has 1 aliphatic carbocycles. The van der Waals surface area contributed by atoms with Crippen molar-refractivity contribution in [1.29, 1.82) is 0 Å². The van der Waals surface area contributed by atoms with Crippen LogP contribution in [0.4, 0.5) is 9.18 Å². The number of urea groups is 1. The molecule has 6 nitrogen and oxygen atoms in total. The summed E-state index contributed by atoms with van der Waals surface area (Å²) in [6.07, 6.45) is 8.76. The average molecular weight is 349 g/mol. The number of hydrogen-bond acceptors (Lipinski definition) is 3. The fourth-order valence-corrected chi connectivity index (χ4v) is 3.67. The number of rotatable bonds is 5. The fraction of sp³-hybridized carbons (Fsp3) is 0.667. The van der Waals surface area contributed by atoms with Gasteiger partial charge < -0.3 is 10.2 Å². The minimum atomic E-state index is -0.837. The molecule has 1 fully saturated rings. The summed E-state index contributed by atoms with van der Waals surface area (Å²) < 4.78 is 15.8. The second-order valence-electron chi connectivity index (χ2n) is 7.16. The van der Waals surface area contributed by atoms with Crippen LogP contribution in [-0.4, -0.2) is 64.0 Å². The molecule has 0 bridgehead atoms. The summed E-state index contributed by atoms with van der Waals surface area (Å²) in [5.41, 5.74) is 1.05. The molecule has 0 unspecified atom stereocenters. The molecule has 1 saturated heterocycles. The number of allylic oxidation sites excluding steroid dienone is 1. The minimum absolute atomic E-state index is 0.0301. The summed E-state index contributed by atoms with van der Waals surface area (Å²) >= 11 is 0. The van der Waals surface area contributed by atoms with Crippen LogP contribution in [0.5, 0.6) is 0 Å². The van der Waals surface area contributed by atoms with Gasteiger partial charge in [-0.15, -0.1) is 0 Å². The molecule has 0 aromatic carbocycles. The van der Waals surface area contributed by atoms with Crippen molar-refractivity contribution in [3.63, 3.8) is 0 Å². The zero-order chi connectivity index (χ0) is 17.8. The monoisotopic (exact) mass is 349 g/mol. The number of likely N-dealkylation sites (N-methyl/N-ethyl adjacent to an activating group) is 1. The number of halogens is 1. The Balaban J connectivity index is 1.55. The highest BCUT2D eigenvalue weighted by molar-refractivity contribution is 5.74. The molecule has 138 valence electrons. The van der Waals surface area contributed by atoms with Crippen LogP contribution in [0.2, 0.25) is 0 Å². The van der Waals surface area contributed by atoms with Crippen LogP contribution in [0.25, 0.3) is 0 Å². The van der Waals surface area contributed by atoms with Crippen molar-refractivity contribution in [3.8, 4) is 0 Å². The number of nitrogens with zero attached hydrogens (tertiary/aromatic N) is 4. The predicted octanol–water partition coefficient (Wildman–Crippen LogP) is 2.08. The van der Waals surface area contributed by atoms with E-state index in [1.54, 1.807) is 18.1 Å². The van der Waals surface area contributed by atoms with Gasteiger partial charge in [-0.3, -0.25) is 9.58 Å². The first-order chi connectivity index (χ1) is 12.0. The summed E-state index contributed by atoms with van der Waals surface area (Å²) in [5.74, 6) is 0. The number of alkyl halides is 1. The average Bonchev–Trinajstić information content (AvgIpc) is 3.14. The zero-order valence-electron chi connectivity index (χ0n) is 15.1. The summed E-state index contributed by atoms with van der Waals surface area (Å²) in [4.78, 5) is 16.2. The molecule has 0 spiro atoms. The van der Waals surface area contributed by atoms with E-state index in [-0.39, 0.29) is 18.1 Å². The Morgan fingerprint density at radius 3 is 3.04 bits per heavy atom. The number of hydrogen-bond donors (Lipinski definition) is 1. The third-order valence-corrected chi connectivity index (χ3v) is 5.16. The number of likely N-dealkylation sites (tertiary alicyclic amines) is 1. The highest BCUT2D eigenvalue weighted by atomic mass is 19.1. The number of carbonyl (C=O) groups is 1. The van der Waals surface area contributed by atoms with Gasteiger partial charge in [0.1, 0.15) is 6.17 Å². The molecule has 1 aliphatic heterocycles. The van der Waals surface area contributed by atoms with E-state index < -0.39 is 6.17 Å². The van der Waals surface area contributed by atoms with Crippen LogP contribution in [0.3, 0.4) is 0 Å². The topological polar surface area (TPSA) is 53.4 Å². The van der Waals surface area contributed by atoms with Crippen LogP contribution in [0.15, 0.2) is 24.4 Å². The molecule has 3 rings (SSSR count). The Kier molecular flexibility index (Phi) is 5.73. The summed E-state index contributed by atoms with van der Waals surface area (Å²) in [5, 5.41) is 7.22. The van der Waals surface area contributed by atoms with Crippen LogP contribution in [0.1, 0.15) is 31.4 Å². The Morgan fingerprint density at radius 1 is 1.52 bits per heavy atom. The van der Waals surface area contributed by atoms with Crippen molar-refractivity contribution in [2.24, 2.45) is 7.05 Å². The van der Waals surface area contributed by atoms with E-state index in [1.807, 2.05) is 17.8 Å². The molecule has 1 N–H and O–H groups in total. The third kappa shape index (κ3) is 4.60. The normalized spacial score (nSPS) is 26.8. The molecule has 0 radical (unpaired) electrons. The Bertz CT molecular complexity index is 616. The summed E-state index contributed by atoms with van der Waals surface area (Å²) in [6.45, 7) is 1.60. The molecule has 3 atom stereocenters. The van der Waals surface area contributed by atoms with E-state index in [4.69, 9.17) is 0 Å². The maximum Gasteiger partial charge on any atom is 0.317 e. The largest absolute Gasteiger partial charge is 0.332 e. The van der Waals surface area contributed by atoms with Crippen molar-refractivity contribution in [3.05, 3.63) is 30.1 Å². The molecule has 2 heterocycles. The van der Waals surface area contributed by atoms with Gasteiger partial charge in [-0.1, -0.05) is 12.2 Å². The zero-order valence-corrected chi connectivity index (χ0v) is 15.1. The molecule has 1 aromatic rings. The molecule has 2 aliphatic rings. The lowest BCUT2D eigenvalue weighted by atomic mass is 10.0. The number of aromatic nitrogens is 2.